The highest BCUT2D eigenvalue weighted by Gasteiger charge is 2.42. The summed E-state index contributed by atoms with van der Waals surface area (Å²) in [7, 11) is 0. The van der Waals surface area contributed by atoms with Crippen molar-refractivity contribution in [2.75, 3.05) is 55.4 Å². The van der Waals surface area contributed by atoms with Gasteiger partial charge in [0, 0.05) is 49.0 Å². The summed E-state index contributed by atoms with van der Waals surface area (Å²) in [6.07, 6.45) is 3.15. The molecule has 184 valence electrons. The lowest BCUT2D eigenvalue weighted by Gasteiger charge is -2.41. The Morgan fingerprint density at radius 2 is 1.91 bits per heavy atom. The van der Waals surface area contributed by atoms with Gasteiger partial charge in [0.2, 0.25) is 0 Å². The third-order valence-electron chi connectivity index (χ3n) is 6.32. The second-order valence-corrected chi connectivity index (χ2v) is 9.60. The number of hydrogen-bond donors (Lipinski definition) is 4. The molecular formula is C23H31N5O5S. The van der Waals surface area contributed by atoms with Gasteiger partial charge in [0.05, 0.1) is 24.7 Å². The molecule has 1 saturated carbocycles. The van der Waals surface area contributed by atoms with Gasteiger partial charge in [0.25, 0.3) is 0 Å². The number of morpholine rings is 1. The molecule has 4 N–H and O–H groups in total. The molecule has 4 rings (SSSR count). The summed E-state index contributed by atoms with van der Waals surface area (Å²) in [6.45, 7) is 3.12. The third-order valence-corrected chi connectivity index (χ3v) is 7.12. The average molecular weight is 490 g/mol. The molecule has 0 radical (unpaired) electrons. The van der Waals surface area contributed by atoms with E-state index >= 15 is 0 Å². The number of urea groups is 1. The molecule has 1 saturated heterocycles. The Hall–Kier alpha value is -2.60. The van der Waals surface area contributed by atoms with Gasteiger partial charge in [0.1, 0.15) is 5.82 Å². The fraction of sp³-hybridized carbons (Fsp3) is 0.522. The van der Waals surface area contributed by atoms with Gasteiger partial charge in [0.15, 0.2) is 16.9 Å². The smallest absolute Gasteiger partial charge is 0.319 e. The number of ether oxygens (including phenoxy) is 1. The predicted molar refractivity (Wildman–Crippen MR) is 130 cm³/mol. The zero-order valence-electron chi connectivity index (χ0n) is 19.0. The van der Waals surface area contributed by atoms with Gasteiger partial charge in [-0.05, 0) is 43.5 Å². The number of carbonyl (C=O) groups is 1. The average Bonchev–Trinajstić information content (AvgIpc) is 2.82. The summed E-state index contributed by atoms with van der Waals surface area (Å²) in [5, 5.41) is 14.3. The number of rotatable bonds is 9. The van der Waals surface area contributed by atoms with Crippen LogP contribution in [0.1, 0.15) is 31.4 Å². The molecule has 2 aliphatic rings. The number of nitrogens with one attached hydrogen (secondary N) is 2. The second kappa shape index (κ2) is 11.2. The summed E-state index contributed by atoms with van der Waals surface area (Å²) in [4.78, 5) is 23.8. The summed E-state index contributed by atoms with van der Waals surface area (Å²) in [6, 6.07) is 8.90. The zero-order valence-corrected chi connectivity index (χ0v) is 19.9. The van der Waals surface area contributed by atoms with Crippen LogP contribution in [0.25, 0.3) is 11.4 Å². The van der Waals surface area contributed by atoms with Crippen molar-refractivity contribution >= 4 is 28.6 Å². The van der Waals surface area contributed by atoms with Crippen molar-refractivity contribution < 1.29 is 23.4 Å². The highest BCUT2D eigenvalue weighted by molar-refractivity contribution is 7.79. The minimum Gasteiger partial charge on any atom is -0.396 e. The van der Waals surface area contributed by atoms with Gasteiger partial charge >= 0.3 is 6.03 Å². The van der Waals surface area contributed by atoms with Crippen molar-refractivity contribution in [3.63, 3.8) is 0 Å². The van der Waals surface area contributed by atoms with Crippen molar-refractivity contribution in [3.05, 3.63) is 36.0 Å². The summed E-state index contributed by atoms with van der Waals surface area (Å²) >= 11 is -1.91. The molecule has 2 aromatic rings. The molecule has 10 nitrogen and oxygen atoms in total. The normalized spacial score (nSPS) is 18.1. The molecule has 1 aliphatic heterocycles. The van der Waals surface area contributed by atoms with Crippen molar-refractivity contribution in [1.82, 2.24) is 15.3 Å². The molecule has 1 aromatic carbocycles. The maximum atomic E-state index is 12.0. The van der Waals surface area contributed by atoms with Crippen molar-refractivity contribution in [2.24, 2.45) is 0 Å². The van der Waals surface area contributed by atoms with E-state index in [2.05, 4.69) is 15.5 Å². The number of benzene rings is 1. The number of hydrogen-bond acceptors (Lipinski definition) is 7. The maximum Gasteiger partial charge on any atom is 0.319 e. The van der Waals surface area contributed by atoms with Gasteiger partial charge in [-0.3, -0.25) is 0 Å². The van der Waals surface area contributed by atoms with E-state index in [1.54, 1.807) is 12.1 Å². The van der Waals surface area contributed by atoms with E-state index in [4.69, 9.17) is 19.8 Å². The molecule has 2 fully saturated rings. The molecule has 1 aliphatic carbocycles. The Kier molecular flexibility index (Phi) is 8.09. The van der Waals surface area contributed by atoms with Crippen LogP contribution in [0.5, 0.6) is 0 Å². The monoisotopic (exact) mass is 489 g/mol. The molecule has 2 amide bonds. The molecule has 2 heterocycles. The largest absolute Gasteiger partial charge is 0.396 e. The Bertz CT molecular complexity index is 1010. The van der Waals surface area contributed by atoms with Crippen LogP contribution in [0.4, 0.5) is 16.3 Å². The molecule has 1 aromatic heterocycles. The van der Waals surface area contributed by atoms with Crippen molar-refractivity contribution in [1.29, 1.82) is 0 Å². The number of amides is 2. The van der Waals surface area contributed by atoms with Gasteiger partial charge in [-0.25, -0.2) is 19.0 Å². The van der Waals surface area contributed by atoms with E-state index in [-0.39, 0.29) is 18.4 Å². The van der Waals surface area contributed by atoms with Crippen LogP contribution in [0.3, 0.4) is 0 Å². The van der Waals surface area contributed by atoms with Crippen molar-refractivity contribution in [2.45, 2.75) is 31.1 Å². The van der Waals surface area contributed by atoms with Crippen LogP contribution in [-0.2, 0) is 21.2 Å². The van der Waals surface area contributed by atoms with Crippen molar-refractivity contribution in [3.8, 4) is 11.4 Å². The third kappa shape index (κ3) is 5.90. The highest BCUT2D eigenvalue weighted by atomic mass is 32.2. The van der Waals surface area contributed by atoms with Crippen LogP contribution in [-0.4, -0.2) is 75.1 Å². The Balaban J connectivity index is 1.60. The van der Waals surface area contributed by atoms with E-state index in [1.165, 1.54) is 0 Å². The summed E-state index contributed by atoms with van der Waals surface area (Å²) in [5.41, 5.74) is 1.81. The number of carbonyl (C=O) groups excluding carboxylic acids is 1. The minimum absolute atomic E-state index is 0.0238. The molecule has 1 atom stereocenters. The molecular weight excluding hydrogens is 458 g/mol. The van der Waals surface area contributed by atoms with E-state index < -0.39 is 16.5 Å². The zero-order chi connectivity index (χ0) is 24.0. The topological polar surface area (TPSA) is 137 Å². The summed E-state index contributed by atoms with van der Waals surface area (Å²) < 4.78 is 26.8. The Morgan fingerprint density at radius 1 is 1.18 bits per heavy atom. The number of aliphatic hydroxyl groups excluding tert-OH is 1. The standard InChI is InChI=1S/C23H31N5O5S/c29-12-2-9-24-22(30)25-18-5-3-17(4-6-18)21-26-19(23(7-1-8-23)16-34(31)32)15-20(27-21)28-10-13-33-14-11-28/h3-6,15,29H,1-2,7-14,16H2,(H,31,32)(H2,24,25,30). The van der Waals surface area contributed by atoms with Crippen LogP contribution in [0.2, 0.25) is 0 Å². The van der Waals surface area contributed by atoms with Gasteiger partial charge in [-0.15, -0.1) is 0 Å². The number of anilines is 2. The van der Waals surface area contributed by atoms with E-state index in [1.807, 2.05) is 18.2 Å². The first-order chi connectivity index (χ1) is 16.5. The fourth-order valence-electron chi connectivity index (χ4n) is 4.26. The quantitative estimate of drug-likeness (QED) is 0.311. The number of aliphatic hydroxyl groups is 1. The molecule has 11 heteroatoms. The van der Waals surface area contributed by atoms with E-state index in [9.17, 15) is 13.6 Å². The first kappa shape index (κ1) is 24.5. The SMILES string of the molecule is O=C(NCCCO)Nc1ccc(-c2nc(N3CCOCC3)cc(C3(CS(=O)O)CCC3)n2)cc1. The number of aromatic nitrogens is 2. The highest BCUT2D eigenvalue weighted by Crippen LogP contribution is 2.44. The van der Waals surface area contributed by atoms with Crippen LogP contribution < -0.4 is 15.5 Å². The van der Waals surface area contributed by atoms with Crippen LogP contribution in [0, 0.1) is 0 Å². The summed E-state index contributed by atoms with van der Waals surface area (Å²) in [5.74, 6) is 1.51. The Morgan fingerprint density at radius 3 is 2.53 bits per heavy atom. The fourth-order valence-corrected chi connectivity index (χ4v) is 5.17. The van der Waals surface area contributed by atoms with Crippen LogP contribution in [0.15, 0.2) is 30.3 Å². The predicted octanol–water partition coefficient (Wildman–Crippen LogP) is 2.13. The van der Waals surface area contributed by atoms with Gasteiger partial charge in [-0.1, -0.05) is 6.42 Å². The first-order valence-corrected chi connectivity index (χ1v) is 12.8. The lowest BCUT2D eigenvalue weighted by atomic mass is 9.68. The lowest BCUT2D eigenvalue weighted by molar-refractivity contribution is 0.122. The number of nitrogens with zero attached hydrogens (tertiary/aromatic N) is 3. The lowest BCUT2D eigenvalue weighted by Crippen LogP contribution is -2.41. The van der Waals surface area contributed by atoms with Gasteiger partial charge in [-0.2, -0.15) is 0 Å². The minimum atomic E-state index is -1.91. The molecule has 0 spiro atoms. The van der Waals surface area contributed by atoms with E-state index in [0.29, 0.717) is 37.7 Å². The van der Waals surface area contributed by atoms with Crippen LogP contribution >= 0.6 is 0 Å². The van der Waals surface area contributed by atoms with E-state index in [0.717, 1.165) is 49.4 Å². The molecule has 1 unspecified atom stereocenters. The molecule has 0 bridgehead atoms. The first-order valence-electron chi connectivity index (χ1n) is 11.5. The second-order valence-electron chi connectivity index (χ2n) is 8.67. The molecule has 34 heavy (non-hydrogen) atoms. The Labute approximate surface area is 201 Å². The van der Waals surface area contributed by atoms with Gasteiger partial charge < -0.3 is 29.9 Å². The maximum absolute atomic E-state index is 12.0.